The van der Waals surface area contributed by atoms with Gasteiger partial charge in [-0.25, -0.2) is 13.4 Å². The predicted octanol–water partition coefficient (Wildman–Crippen LogP) is 0.777. The van der Waals surface area contributed by atoms with Crippen LogP contribution in [0.1, 0.15) is 19.3 Å². The van der Waals surface area contributed by atoms with Gasteiger partial charge >= 0.3 is 0 Å². The van der Waals surface area contributed by atoms with Crippen LogP contribution in [-0.4, -0.2) is 81.1 Å². The number of hydrogen-bond donors (Lipinski definition) is 0. The molecule has 3 aliphatic heterocycles. The summed E-state index contributed by atoms with van der Waals surface area (Å²) >= 11 is 0. The fourth-order valence-corrected chi connectivity index (χ4v) is 5.37. The summed E-state index contributed by atoms with van der Waals surface area (Å²) in [5.41, 5.74) is 0. The number of aromatic nitrogens is 1. The van der Waals surface area contributed by atoms with E-state index >= 15 is 0 Å². The van der Waals surface area contributed by atoms with E-state index in [9.17, 15) is 8.42 Å². The van der Waals surface area contributed by atoms with Gasteiger partial charge in [0, 0.05) is 45.0 Å². The van der Waals surface area contributed by atoms with E-state index < -0.39 is 10.0 Å². The monoisotopic (exact) mass is 366 g/mol. The fourth-order valence-electron chi connectivity index (χ4n) is 4.01. The molecule has 3 aliphatic rings. The minimum Gasteiger partial charge on any atom is -0.379 e. The topological polar surface area (TPSA) is 66.0 Å². The average Bonchev–Trinajstić information content (AvgIpc) is 2.68. The smallest absolute Gasteiger partial charge is 0.244 e. The van der Waals surface area contributed by atoms with E-state index in [0.29, 0.717) is 32.3 Å². The Morgan fingerprint density at radius 2 is 1.88 bits per heavy atom. The molecule has 25 heavy (non-hydrogen) atoms. The van der Waals surface area contributed by atoms with E-state index in [4.69, 9.17) is 4.74 Å². The van der Waals surface area contributed by atoms with Crippen molar-refractivity contribution in [2.75, 3.05) is 57.4 Å². The summed E-state index contributed by atoms with van der Waals surface area (Å²) in [6.07, 6.45) is 5.37. The third kappa shape index (κ3) is 3.53. The molecule has 1 aromatic rings. The molecule has 0 amide bonds. The highest BCUT2D eigenvalue weighted by molar-refractivity contribution is 7.89. The molecule has 0 radical (unpaired) electrons. The molecule has 3 saturated heterocycles. The Kier molecular flexibility index (Phi) is 4.95. The number of anilines is 1. The van der Waals surface area contributed by atoms with Crippen LogP contribution in [0.15, 0.2) is 23.2 Å². The molecule has 0 aromatic carbocycles. The van der Waals surface area contributed by atoms with Gasteiger partial charge in [-0.2, -0.15) is 4.31 Å². The highest BCUT2D eigenvalue weighted by Crippen LogP contribution is 2.25. The van der Waals surface area contributed by atoms with Gasteiger partial charge in [0.15, 0.2) is 0 Å². The lowest BCUT2D eigenvalue weighted by Gasteiger charge is -2.44. The fraction of sp³-hybridized carbons (Fsp3) is 0.706. The molecule has 0 saturated carbocycles. The quantitative estimate of drug-likeness (QED) is 0.788. The van der Waals surface area contributed by atoms with Gasteiger partial charge in [-0.3, -0.25) is 4.90 Å². The van der Waals surface area contributed by atoms with E-state index in [0.717, 1.165) is 25.5 Å². The molecular weight excluding hydrogens is 340 g/mol. The number of hydrogen-bond acceptors (Lipinski definition) is 6. The standard InChI is InChI=1S/C17H26N4O3S/c22-25(23,21-9-11-24-12-10-21)16-4-5-17(18-13-16)20-8-7-19-6-2-1-3-15(19)14-20/h4-5,13,15H,1-3,6-12,14H2. The van der Waals surface area contributed by atoms with Crippen LogP contribution >= 0.6 is 0 Å². The molecule has 138 valence electrons. The van der Waals surface area contributed by atoms with E-state index in [-0.39, 0.29) is 4.90 Å². The minimum atomic E-state index is -3.46. The largest absolute Gasteiger partial charge is 0.379 e. The van der Waals surface area contributed by atoms with Crippen molar-refractivity contribution in [2.24, 2.45) is 0 Å². The molecule has 0 spiro atoms. The van der Waals surface area contributed by atoms with Gasteiger partial charge in [0.25, 0.3) is 0 Å². The van der Waals surface area contributed by atoms with Gasteiger partial charge < -0.3 is 9.64 Å². The molecule has 0 aliphatic carbocycles. The third-order valence-electron chi connectivity index (χ3n) is 5.49. The zero-order chi connectivity index (χ0) is 17.3. The van der Waals surface area contributed by atoms with Crippen molar-refractivity contribution in [3.8, 4) is 0 Å². The van der Waals surface area contributed by atoms with Crippen molar-refractivity contribution in [1.82, 2.24) is 14.2 Å². The van der Waals surface area contributed by atoms with Gasteiger partial charge in [0.1, 0.15) is 10.7 Å². The number of fused-ring (bicyclic) bond motifs is 1. The second kappa shape index (κ2) is 7.19. The van der Waals surface area contributed by atoms with Crippen molar-refractivity contribution in [3.05, 3.63) is 18.3 Å². The highest BCUT2D eigenvalue weighted by Gasteiger charge is 2.30. The van der Waals surface area contributed by atoms with E-state index in [1.165, 1.54) is 36.3 Å². The Morgan fingerprint density at radius 1 is 1.04 bits per heavy atom. The van der Waals surface area contributed by atoms with Crippen LogP contribution in [-0.2, 0) is 14.8 Å². The average molecular weight is 366 g/mol. The van der Waals surface area contributed by atoms with Crippen LogP contribution in [0, 0.1) is 0 Å². The van der Waals surface area contributed by atoms with Gasteiger partial charge in [-0.05, 0) is 31.5 Å². The summed E-state index contributed by atoms with van der Waals surface area (Å²) in [6.45, 7) is 5.96. The van der Waals surface area contributed by atoms with Crippen molar-refractivity contribution < 1.29 is 13.2 Å². The number of sulfonamides is 1. The van der Waals surface area contributed by atoms with Gasteiger partial charge in [0.2, 0.25) is 10.0 Å². The molecule has 0 bridgehead atoms. The van der Waals surface area contributed by atoms with Crippen molar-refractivity contribution in [3.63, 3.8) is 0 Å². The van der Waals surface area contributed by atoms with Crippen molar-refractivity contribution in [1.29, 1.82) is 0 Å². The normalized spacial score (nSPS) is 26.4. The van der Waals surface area contributed by atoms with Crippen molar-refractivity contribution >= 4 is 15.8 Å². The van der Waals surface area contributed by atoms with Crippen molar-refractivity contribution in [2.45, 2.75) is 30.2 Å². The molecular formula is C17H26N4O3S. The molecule has 1 atom stereocenters. The van der Waals surface area contributed by atoms with Crippen LogP contribution in [0.25, 0.3) is 0 Å². The van der Waals surface area contributed by atoms with E-state index in [2.05, 4.69) is 14.8 Å². The summed E-state index contributed by atoms with van der Waals surface area (Å²) < 4.78 is 32.1. The first-order valence-corrected chi connectivity index (χ1v) is 10.6. The first kappa shape index (κ1) is 17.2. The second-order valence-corrected chi connectivity index (χ2v) is 8.94. The molecule has 3 fully saturated rings. The Morgan fingerprint density at radius 3 is 2.64 bits per heavy atom. The number of ether oxygens (including phenoxy) is 1. The molecule has 1 unspecified atom stereocenters. The number of piperidine rings is 1. The second-order valence-electron chi connectivity index (χ2n) is 7.00. The predicted molar refractivity (Wildman–Crippen MR) is 95.2 cm³/mol. The van der Waals surface area contributed by atoms with Crippen LogP contribution in [0.4, 0.5) is 5.82 Å². The molecule has 4 rings (SSSR count). The molecule has 7 nitrogen and oxygen atoms in total. The number of piperazine rings is 1. The summed E-state index contributed by atoms with van der Waals surface area (Å²) in [6, 6.07) is 4.16. The molecule has 0 N–H and O–H groups in total. The Balaban J connectivity index is 1.46. The maximum atomic E-state index is 12.7. The minimum absolute atomic E-state index is 0.273. The van der Waals surface area contributed by atoms with E-state index in [1.807, 2.05) is 6.07 Å². The van der Waals surface area contributed by atoms with Gasteiger partial charge in [0.05, 0.1) is 13.2 Å². The Hall–Kier alpha value is -1.22. The van der Waals surface area contributed by atoms with Crippen LogP contribution in [0.2, 0.25) is 0 Å². The van der Waals surface area contributed by atoms with Crippen LogP contribution < -0.4 is 4.90 Å². The maximum Gasteiger partial charge on any atom is 0.244 e. The van der Waals surface area contributed by atoms with Crippen LogP contribution in [0.3, 0.4) is 0 Å². The van der Waals surface area contributed by atoms with Crippen LogP contribution in [0.5, 0.6) is 0 Å². The zero-order valence-electron chi connectivity index (χ0n) is 14.5. The van der Waals surface area contributed by atoms with Gasteiger partial charge in [-0.15, -0.1) is 0 Å². The lowest BCUT2D eigenvalue weighted by Crippen LogP contribution is -2.55. The lowest BCUT2D eigenvalue weighted by molar-refractivity contribution is 0.0730. The lowest BCUT2D eigenvalue weighted by atomic mass is 9.99. The number of morpholine rings is 1. The number of nitrogens with zero attached hydrogens (tertiary/aromatic N) is 4. The first-order chi connectivity index (χ1) is 12.1. The summed E-state index contributed by atoms with van der Waals surface area (Å²) in [5.74, 6) is 0.881. The zero-order valence-corrected chi connectivity index (χ0v) is 15.3. The third-order valence-corrected chi connectivity index (χ3v) is 7.37. The number of rotatable bonds is 3. The number of pyridine rings is 1. The summed E-state index contributed by atoms with van der Waals surface area (Å²) in [7, 11) is -3.46. The van der Waals surface area contributed by atoms with Gasteiger partial charge in [-0.1, -0.05) is 6.42 Å². The maximum absolute atomic E-state index is 12.7. The highest BCUT2D eigenvalue weighted by atomic mass is 32.2. The molecule has 8 heteroatoms. The first-order valence-electron chi connectivity index (χ1n) is 9.17. The molecule has 1 aromatic heterocycles. The molecule has 4 heterocycles. The van der Waals surface area contributed by atoms with E-state index in [1.54, 1.807) is 6.07 Å². The summed E-state index contributed by atoms with van der Waals surface area (Å²) in [5, 5.41) is 0. The SMILES string of the molecule is O=S(=O)(c1ccc(N2CCN3CCCCC3C2)nc1)N1CCOCC1. The Labute approximate surface area is 149 Å². The summed E-state index contributed by atoms with van der Waals surface area (Å²) in [4.78, 5) is 9.61. The Bertz CT molecular complexity index is 688.